The smallest absolute Gasteiger partial charge is 0.191 e. The van der Waals surface area contributed by atoms with Gasteiger partial charge in [-0.05, 0) is 43.1 Å². The third-order valence-corrected chi connectivity index (χ3v) is 6.12. The number of piperazine rings is 1. The highest BCUT2D eigenvalue weighted by Crippen LogP contribution is 2.27. The summed E-state index contributed by atoms with van der Waals surface area (Å²) in [7, 11) is 1.83. The number of benzene rings is 2. The van der Waals surface area contributed by atoms with Crippen LogP contribution in [0.15, 0.2) is 59.6 Å². The van der Waals surface area contributed by atoms with Crippen LogP contribution in [-0.2, 0) is 6.42 Å². The van der Waals surface area contributed by atoms with Crippen molar-refractivity contribution in [1.82, 2.24) is 15.5 Å². The Hall–Kier alpha value is -2.73. The molecule has 2 N–H and O–H groups in total. The van der Waals surface area contributed by atoms with E-state index in [4.69, 9.17) is 4.74 Å². The molecule has 2 aliphatic heterocycles. The van der Waals surface area contributed by atoms with E-state index in [1.807, 2.05) is 19.2 Å². The van der Waals surface area contributed by atoms with Gasteiger partial charge in [0.25, 0.3) is 0 Å². The van der Waals surface area contributed by atoms with Gasteiger partial charge in [-0.1, -0.05) is 36.4 Å². The van der Waals surface area contributed by atoms with Crippen molar-refractivity contribution in [3.05, 3.63) is 60.2 Å². The van der Waals surface area contributed by atoms with Gasteiger partial charge in [-0.15, -0.1) is 0 Å². The van der Waals surface area contributed by atoms with Gasteiger partial charge in [0, 0.05) is 51.9 Å². The number of ether oxygens (including phenoxy) is 1. The van der Waals surface area contributed by atoms with Crippen LogP contribution < -0.4 is 20.3 Å². The van der Waals surface area contributed by atoms with Crippen molar-refractivity contribution in [1.29, 1.82) is 0 Å². The molecule has 6 heteroatoms. The van der Waals surface area contributed by atoms with E-state index in [1.165, 1.54) is 24.2 Å². The summed E-state index contributed by atoms with van der Waals surface area (Å²) in [6.07, 6.45) is 3.48. The van der Waals surface area contributed by atoms with Crippen molar-refractivity contribution in [2.75, 3.05) is 57.8 Å². The van der Waals surface area contributed by atoms with E-state index in [9.17, 15) is 0 Å². The summed E-state index contributed by atoms with van der Waals surface area (Å²) in [5.41, 5.74) is 2.64. The van der Waals surface area contributed by atoms with E-state index in [0.717, 1.165) is 63.8 Å². The number of aliphatic imine (C=N–C) groups is 1. The first-order valence-corrected chi connectivity index (χ1v) is 11.5. The van der Waals surface area contributed by atoms with Gasteiger partial charge in [0.1, 0.15) is 11.9 Å². The Morgan fingerprint density at radius 2 is 1.74 bits per heavy atom. The molecule has 0 bridgehead atoms. The number of rotatable bonds is 8. The molecule has 2 aromatic carbocycles. The molecular weight excluding hydrogens is 386 g/mol. The Morgan fingerprint density at radius 1 is 0.968 bits per heavy atom. The molecule has 1 unspecified atom stereocenters. The van der Waals surface area contributed by atoms with E-state index >= 15 is 0 Å². The molecule has 1 fully saturated rings. The fourth-order valence-corrected chi connectivity index (χ4v) is 4.33. The molecule has 0 saturated carbocycles. The molecule has 31 heavy (non-hydrogen) atoms. The third kappa shape index (κ3) is 6.14. The highest BCUT2D eigenvalue weighted by atomic mass is 16.5. The molecule has 4 rings (SSSR count). The number of fused-ring (bicyclic) bond motifs is 1. The maximum atomic E-state index is 5.99. The first kappa shape index (κ1) is 21.5. The van der Waals surface area contributed by atoms with Crippen LogP contribution in [0.5, 0.6) is 5.75 Å². The summed E-state index contributed by atoms with van der Waals surface area (Å²) < 4.78 is 5.99. The summed E-state index contributed by atoms with van der Waals surface area (Å²) in [6, 6.07) is 19.0. The zero-order valence-corrected chi connectivity index (χ0v) is 18.6. The lowest BCUT2D eigenvalue weighted by molar-refractivity contribution is 0.235. The second-order valence-corrected chi connectivity index (χ2v) is 8.30. The molecular formula is C25H35N5O. The van der Waals surface area contributed by atoms with Crippen molar-refractivity contribution in [3.63, 3.8) is 0 Å². The van der Waals surface area contributed by atoms with Crippen molar-refractivity contribution in [2.45, 2.75) is 25.4 Å². The molecule has 6 nitrogen and oxygen atoms in total. The lowest BCUT2D eigenvalue weighted by Crippen LogP contribution is -2.46. The van der Waals surface area contributed by atoms with Crippen LogP contribution in [0, 0.1) is 0 Å². The summed E-state index contributed by atoms with van der Waals surface area (Å²) in [5, 5.41) is 6.84. The standard InChI is InChI=1S/C25H35N5O/c1-26-25(28-20-23-19-21-9-5-6-12-24(21)31-23)27-13-7-8-14-29-15-17-30(18-16-29)22-10-3-2-4-11-22/h2-6,9-12,23H,7-8,13-20H2,1H3,(H2,26,27,28). The van der Waals surface area contributed by atoms with E-state index in [0.29, 0.717) is 0 Å². The average Bonchev–Trinajstić information content (AvgIpc) is 3.25. The van der Waals surface area contributed by atoms with Crippen LogP contribution in [0.1, 0.15) is 18.4 Å². The number of unbranched alkanes of at least 4 members (excludes halogenated alkanes) is 1. The molecule has 2 aliphatic rings. The molecule has 0 aliphatic carbocycles. The number of guanidine groups is 1. The Labute approximate surface area is 186 Å². The van der Waals surface area contributed by atoms with Gasteiger partial charge in [-0.25, -0.2) is 0 Å². The van der Waals surface area contributed by atoms with Crippen molar-refractivity contribution in [2.24, 2.45) is 4.99 Å². The zero-order valence-electron chi connectivity index (χ0n) is 18.6. The first-order chi connectivity index (χ1) is 15.3. The summed E-state index contributed by atoms with van der Waals surface area (Å²) in [4.78, 5) is 9.42. The highest BCUT2D eigenvalue weighted by molar-refractivity contribution is 5.79. The molecule has 0 radical (unpaired) electrons. The monoisotopic (exact) mass is 421 g/mol. The molecule has 0 amide bonds. The quantitative estimate of drug-likeness (QED) is 0.390. The maximum Gasteiger partial charge on any atom is 0.191 e. The minimum absolute atomic E-state index is 0.172. The van der Waals surface area contributed by atoms with Gasteiger partial charge in [-0.2, -0.15) is 0 Å². The van der Waals surface area contributed by atoms with Crippen LogP contribution in [-0.4, -0.2) is 69.8 Å². The molecule has 1 saturated heterocycles. The lowest BCUT2D eigenvalue weighted by Gasteiger charge is -2.36. The number of hydrogen-bond acceptors (Lipinski definition) is 4. The largest absolute Gasteiger partial charge is 0.488 e. The maximum absolute atomic E-state index is 5.99. The van der Waals surface area contributed by atoms with Crippen molar-refractivity contribution < 1.29 is 4.74 Å². The fourth-order valence-electron chi connectivity index (χ4n) is 4.33. The predicted octanol–water partition coefficient (Wildman–Crippen LogP) is 2.76. The van der Waals surface area contributed by atoms with E-state index in [2.05, 4.69) is 67.9 Å². The second kappa shape index (κ2) is 11.0. The number of nitrogens with zero attached hydrogens (tertiary/aromatic N) is 3. The molecule has 0 spiro atoms. The van der Waals surface area contributed by atoms with E-state index < -0.39 is 0 Å². The Balaban J connectivity index is 1.06. The minimum Gasteiger partial charge on any atom is -0.488 e. The number of para-hydroxylation sites is 2. The van der Waals surface area contributed by atoms with Gasteiger partial charge >= 0.3 is 0 Å². The van der Waals surface area contributed by atoms with Gasteiger partial charge < -0.3 is 20.3 Å². The minimum atomic E-state index is 0.172. The highest BCUT2D eigenvalue weighted by Gasteiger charge is 2.22. The number of anilines is 1. The second-order valence-electron chi connectivity index (χ2n) is 8.30. The number of hydrogen-bond donors (Lipinski definition) is 2. The first-order valence-electron chi connectivity index (χ1n) is 11.5. The normalized spacial score (nSPS) is 19.1. The number of nitrogens with one attached hydrogen (secondary N) is 2. The average molecular weight is 422 g/mol. The predicted molar refractivity (Wildman–Crippen MR) is 128 cm³/mol. The third-order valence-electron chi connectivity index (χ3n) is 6.12. The van der Waals surface area contributed by atoms with Crippen LogP contribution in [0.4, 0.5) is 5.69 Å². The Bertz CT molecular complexity index is 808. The summed E-state index contributed by atoms with van der Waals surface area (Å²) in [5.74, 6) is 1.87. The molecule has 2 aromatic rings. The van der Waals surface area contributed by atoms with Gasteiger partial charge in [0.2, 0.25) is 0 Å². The summed E-state index contributed by atoms with van der Waals surface area (Å²) >= 11 is 0. The molecule has 166 valence electrons. The van der Waals surface area contributed by atoms with Crippen LogP contribution in [0.3, 0.4) is 0 Å². The Morgan fingerprint density at radius 3 is 2.52 bits per heavy atom. The Kier molecular flexibility index (Phi) is 7.66. The van der Waals surface area contributed by atoms with Gasteiger partial charge in [0.05, 0.1) is 6.54 Å². The van der Waals surface area contributed by atoms with E-state index in [1.54, 1.807) is 0 Å². The SMILES string of the molecule is CN=C(NCCCCN1CCN(c2ccccc2)CC1)NCC1Cc2ccccc2O1. The molecule has 1 atom stereocenters. The lowest BCUT2D eigenvalue weighted by atomic mass is 10.1. The summed E-state index contributed by atoms with van der Waals surface area (Å²) in [6.45, 7) is 7.41. The van der Waals surface area contributed by atoms with Gasteiger partial charge in [0.15, 0.2) is 5.96 Å². The molecule has 0 aromatic heterocycles. The van der Waals surface area contributed by atoms with Crippen molar-refractivity contribution >= 4 is 11.6 Å². The van der Waals surface area contributed by atoms with Gasteiger partial charge in [-0.3, -0.25) is 9.89 Å². The topological polar surface area (TPSA) is 52.1 Å². The fraction of sp³-hybridized carbons (Fsp3) is 0.480. The molecule has 2 heterocycles. The van der Waals surface area contributed by atoms with Crippen LogP contribution >= 0.6 is 0 Å². The van der Waals surface area contributed by atoms with Crippen LogP contribution in [0.2, 0.25) is 0 Å². The van der Waals surface area contributed by atoms with Crippen LogP contribution in [0.25, 0.3) is 0 Å². The zero-order chi connectivity index (χ0) is 21.3. The van der Waals surface area contributed by atoms with Crippen molar-refractivity contribution in [3.8, 4) is 5.75 Å². The van der Waals surface area contributed by atoms with E-state index in [-0.39, 0.29) is 6.10 Å².